The van der Waals surface area contributed by atoms with E-state index in [1.807, 2.05) is 42.5 Å². The lowest BCUT2D eigenvalue weighted by molar-refractivity contribution is -0.115. The van der Waals surface area contributed by atoms with Crippen LogP contribution in [0, 0.1) is 0 Å². The number of carbonyl (C=O) groups is 2. The molecule has 0 radical (unpaired) electrons. The van der Waals surface area contributed by atoms with Crippen molar-refractivity contribution in [2.75, 3.05) is 11.9 Å². The van der Waals surface area contributed by atoms with Crippen LogP contribution in [0.4, 0.5) is 5.69 Å². The fourth-order valence-electron chi connectivity index (χ4n) is 3.02. The van der Waals surface area contributed by atoms with Gasteiger partial charge in [0.25, 0.3) is 5.91 Å². The summed E-state index contributed by atoms with van der Waals surface area (Å²) in [5.74, 6) is -0.693. The zero-order valence-electron chi connectivity index (χ0n) is 15.4. The summed E-state index contributed by atoms with van der Waals surface area (Å²) in [6, 6.07) is 22.1. The van der Waals surface area contributed by atoms with Crippen LogP contribution in [0.5, 0.6) is 0 Å². The van der Waals surface area contributed by atoms with Gasteiger partial charge in [0, 0.05) is 11.3 Å². The highest BCUT2D eigenvalue weighted by molar-refractivity contribution is 6.00. The van der Waals surface area contributed by atoms with E-state index >= 15 is 0 Å². The molecule has 7 nitrogen and oxygen atoms in total. The molecule has 1 heterocycles. The summed E-state index contributed by atoms with van der Waals surface area (Å²) in [5, 5.41) is 5.30. The van der Waals surface area contributed by atoms with Gasteiger partial charge in [0.1, 0.15) is 0 Å². The van der Waals surface area contributed by atoms with Crippen molar-refractivity contribution >= 4 is 28.5 Å². The zero-order chi connectivity index (χ0) is 20.2. The summed E-state index contributed by atoms with van der Waals surface area (Å²) in [6.07, 6.45) is 0. The molecule has 0 saturated carbocycles. The van der Waals surface area contributed by atoms with Gasteiger partial charge in [-0.1, -0.05) is 42.5 Å². The van der Waals surface area contributed by atoms with Crippen LogP contribution in [0.25, 0.3) is 22.2 Å². The van der Waals surface area contributed by atoms with Crippen molar-refractivity contribution in [2.45, 2.75) is 0 Å². The third kappa shape index (κ3) is 4.24. The third-order valence-corrected chi connectivity index (χ3v) is 4.46. The van der Waals surface area contributed by atoms with E-state index in [4.69, 9.17) is 0 Å². The minimum Gasteiger partial charge on any atom is -0.343 e. The number of imidazole rings is 1. The second-order valence-corrected chi connectivity index (χ2v) is 6.51. The quantitative estimate of drug-likeness (QED) is 0.424. The molecule has 4 rings (SSSR count). The second kappa shape index (κ2) is 7.85. The van der Waals surface area contributed by atoms with Gasteiger partial charge in [0.2, 0.25) is 5.91 Å². The lowest BCUT2D eigenvalue weighted by atomic mass is 10.0. The Labute approximate surface area is 165 Å². The lowest BCUT2D eigenvalue weighted by Crippen LogP contribution is -2.32. The van der Waals surface area contributed by atoms with Crippen molar-refractivity contribution in [1.82, 2.24) is 15.3 Å². The normalized spacial score (nSPS) is 10.6. The molecule has 0 spiro atoms. The SMILES string of the molecule is O=C(CNC(=O)c1ccc(-c2ccccc2)cc1)Nc1ccc2[nH]c(=O)[nH]c2c1. The van der Waals surface area contributed by atoms with Crippen LogP contribution in [0.3, 0.4) is 0 Å². The van der Waals surface area contributed by atoms with Crippen molar-refractivity contribution in [3.05, 3.63) is 88.8 Å². The van der Waals surface area contributed by atoms with Gasteiger partial charge in [-0.05, 0) is 41.5 Å². The molecule has 3 aromatic carbocycles. The lowest BCUT2D eigenvalue weighted by Gasteiger charge is -2.08. The molecule has 0 saturated heterocycles. The summed E-state index contributed by atoms with van der Waals surface area (Å²) in [7, 11) is 0. The maximum absolute atomic E-state index is 12.3. The van der Waals surface area contributed by atoms with Crippen molar-refractivity contribution in [3.63, 3.8) is 0 Å². The predicted octanol–water partition coefficient (Wildman–Crippen LogP) is 2.89. The first-order valence-electron chi connectivity index (χ1n) is 9.04. The minimum atomic E-state index is -0.364. The van der Waals surface area contributed by atoms with E-state index in [2.05, 4.69) is 20.6 Å². The van der Waals surface area contributed by atoms with E-state index in [-0.39, 0.29) is 24.0 Å². The van der Waals surface area contributed by atoms with Crippen molar-refractivity contribution in [3.8, 4) is 11.1 Å². The van der Waals surface area contributed by atoms with Gasteiger partial charge in [-0.3, -0.25) is 9.59 Å². The molecule has 1 aromatic heterocycles. The molecule has 29 heavy (non-hydrogen) atoms. The van der Waals surface area contributed by atoms with E-state index in [0.717, 1.165) is 11.1 Å². The number of rotatable bonds is 5. The van der Waals surface area contributed by atoms with Gasteiger partial charge in [-0.15, -0.1) is 0 Å². The van der Waals surface area contributed by atoms with Crippen LogP contribution in [-0.2, 0) is 4.79 Å². The third-order valence-electron chi connectivity index (χ3n) is 4.46. The molecule has 0 unspecified atom stereocenters. The van der Waals surface area contributed by atoms with Crippen LogP contribution < -0.4 is 16.3 Å². The smallest absolute Gasteiger partial charge is 0.323 e. The van der Waals surface area contributed by atoms with Crippen molar-refractivity contribution < 1.29 is 9.59 Å². The number of hydrogen-bond acceptors (Lipinski definition) is 3. The van der Waals surface area contributed by atoms with Gasteiger partial charge >= 0.3 is 5.69 Å². The Kier molecular flexibility index (Phi) is 4.94. The number of anilines is 1. The molecule has 0 aliphatic heterocycles. The minimum absolute atomic E-state index is 0.166. The standard InChI is InChI=1S/C22H18N4O3/c27-20(24-17-10-11-18-19(12-17)26-22(29)25-18)13-23-21(28)16-8-6-15(7-9-16)14-4-2-1-3-5-14/h1-12H,13H2,(H,23,28)(H,24,27)(H2,25,26,29). The summed E-state index contributed by atoms with van der Waals surface area (Å²) in [5.41, 5.74) is 4.02. The van der Waals surface area contributed by atoms with Gasteiger partial charge < -0.3 is 20.6 Å². The van der Waals surface area contributed by atoms with Gasteiger partial charge in [-0.2, -0.15) is 0 Å². The van der Waals surface area contributed by atoms with Gasteiger partial charge in [0.05, 0.1) is 17.6 Å². The van der Waals surface area contributed by atoms with Crippen molar-refractivity contribution in [1.29, 1.82) is 0 Å². The Hall–Kier alpha value is -4.13. The summed E-state index contributed by atoms with van der Waals surface area (Å²) in [4.78, 5) is 41.0. The number of amides is 2. The first-order chi connectivity index (χ1) is 14.1. The van der Waals surface area contributed by atoms with E-state index in [9.17, 15) is 14.4 Å². The number of H-pyrrole nitrogens is 2. The molecule has 4 N–H and O–H groups in total. The second-order valence-electron chi connectivity index (χ2n) is 6.51. The fourth-order valence-corrected chi connectivity index (χ4v) is 3.02. The largest absolute Gasteiger partial charge is 0.343 e. The first-order valence-corrected chi connectivity index (χ1v) is 9.04. The first kappa shape index (κ1) is 18.2. The maximum atomic E-state index is 12.3. The zero-order valence-corrected chi connectivity index (χ0v) is 15.4. The Morgan fingerprint density at radius 2 is 1.48 bits per heavy atom. The summed E-state index contributed by atoms with van der Waals surface area (Å²) < 4.78 is 0. The number of benzene rings is 3. The number of nitrogens with one attached hydrogen (secondary N) is 4. The average molecular weight is 386 g/mol. The fraction of sp³-hybridized carbons (Fsp3) is 0.0455. The van der Waals surface area contributed by atoms with Crippen LogP contribution in [0.1, 0.15) is 10.4 Å². The number of fused-ring (bicyclic) bond motifs is 1. The Balaban J connectivity index is 1.34. The molecule has 4 aromatic rings. The van der Waals surface area contributed by atoms with E-state index in [1.165, 1.54) is 0 Å². The molecule has 0 atom stereocenters. The van der Waals surface area contributed by atoms with Crippen LogP contribution >= 0.6 is 0 Å². The predicted molar refractivity (Wildman–Crippen MR) is 112 cm³/mol. The number of aromatic nitrogens is 2. The Morgan fingerprint density at radius 3 is 2.24 bits per heavy atom. The Bertz CT molecular complexity index is 1220. The molecule has 0 aliphatic rings. The highest BCUT2D eigenvalue weighted by Gasteiger charge is 2.09. The molecule has 0 fully saturated rings. The Morgan fingerprint density at radius 1 is 0.793 bits per heavy atom. The van der Waals surface area contributed by atoms with Crippen LogP contribution in [0.2, 0.25) is 0 Å². The highest BCUT2D eigenvalue weighted by atomic mass is 16.2. The number of hydrogen-bond donors (Lipinski definition) is 4. The molecule has 2 amide bonds. The van der Waals surface area contributed by atoms with Gasteiger partial charge in [-0.25, -0.2) is 4.79 Å². The average Bonchev–Trinajstić information content (AvgIpc) is 3.12. The van der Waals surface area contributed by atoms with Crippen LogP contribution in [0.15, 0.2) is 77.6 Å². The van der Waals surface area contributed by atoms with E-state index in [1.54, 1.807) is 30.3 Å². The molecular formula is C22H18N4O3. The number of carbonyl (C=O) groups excluding carboxylic acids is 2. The maximum Gasteiger partial charge on any atom is 0.323 e. The van der Waals surface area contributed by atoms with Crippen molar-refractivity contribution in [2.24, 2.45) is 0 Å². The van der Waals surface area contributed by atoms with E-state index < -0.39 is 0 Å². The van der Waals surface area contributed by atoms with Crippen LogP contribution in [-0.4, -0.2) is 28.3 Å². The monoisotopic (exact) mass is 386 g/mol. The van der Waals surface area contributed by atoms with E-state index in [0.29, 0.717) is 22.3 Å². The topological polar surface area (TPSA) is 107 Å². The molecule has 0 aliphatic carbocycles. The number of aromatic amines is 2. The summed E-state index contributed by atoms with van der Waals surface area (Å²) in [6.45, 7) is -0.166. The molecule has 7 heteroatoms. The molecular weight excluding hydrogens is 368 g/mol. The van der Waals surface area contributed by atoms with Gasteiger partial charge in [0.15, 0.2) is 0 Å². The molecule has 144 valence electrons. The summed E-state index contributed by atoms with van der Waals surface area (Å²) >= 11 is 0. The highest BCUT2D eigenvalue weighted by Crippen LogP contribution is 2.19. The molecule has 0 bridgehead atoms.